The van der Waals surface area contributed by atoms with Crippen molar-refractivity contribution in [1.82, 2.24) is 14.2 Å². The number of nitrogens with zero attached hydrogens (tertiary/aromatic N) is 2. The average molecular weight is 382 g/mol. The second kappa shape index (κ2) is 8.57. The largest absolute Gasteiger partial charge is 0.348 e. The zero-order chi connectivity index (χ0) is 18.6. The average Bonchev–Trinajstić information content (AvgIpc) is 3.00. The molecular formula is C19H31N3O3S. The molecule has 1 N–H and O–H groups in total. The number of carbonyl (C=O) groups excluding carboxylic acids is 1. The SMILES string of the molecule is Cn1cc(S(=O)(=O)N2CCCCC2)cc1C(=O)NC1CCCCCCC1. The predicted molar refractivity (Wildman–Crippen MR) is 102 cm³/mol. The molecule has 1 aliphatic heterocycles. The molecule has 0 unspecified atom stereocenters. The molecular weight excluding hydrogens is 350 g/mol. The zero-order valence-corrected chi connectivity index (χ0v) is 16.6. The van der Waals surface area contributed by atoms with Gasteiger partial charge in [0, 0.05) is 32.4 Å². The highest BCUT2D eigenvalue weighted by Crippen LogP contribution is 2.23. The Balaban J connectivity index is 1.71. The van der Waals surface area contributed by atoms with Gasteiger partial charge in [-0.2, -0.15) is 4.31 Å². The second-order valence-electron chi connectivity index (χ2n) is 7.65. The quantitative estimate of drug-likeness (QED) is 0.871. The third kappa shape index (κ3) is 4.49. The highest BCUT2D eigenvalue weighted by atomic mass is 32.2. The lowest BCUT2D eigenvalue weighted by molar-refractivity contribution is 0.0922. The van der Waals surface area contributed by atoms with Gasteiger partial charge in [-0.1, -0.05) is 38.5 Å². The molecule has 1 aromatic rings. The number of hydrogen-bond donors (Lipinski definition) is 1. The standard InChI is InChI=1S/C19H31N3O3S/c1-21-15-17(26(24,25)22-12-8-5-9-13-22)14-18(21)19(23)20-16-10-6-3-2-4-7-11-16/h14-16H,2-13H2,1H3,(H,20,23). The van der Waals surface area contributed by atoms with Crippen LogP contribution in [0.5, 0.6) is 0 Å². The third-order valence-corrected chi connectivity index (χ3v) is 7.47. The number of amides is 1. The lowest BCUT2D eigenvalue weighted by Crippen LogP contribution is -2.36. The van der Waals surface area contributed by atoms with Gasteiger partial charge in [-0.3, -0.25) is 4.79 Å². The molecule has 0 aromatic carbocycles. The molecule has 1 aromatic heterocycles. The minimum absolute atomic E-state index is 0.168. The van der Waals surface area contributed by atoms with E-state index in [0.29, 0.717) is 18.8 Å². The van der Waals surface area contributed by atoms with E-state index in [1.165, 1.54) is 25.3 Å². The van der Waals surface area contributed by atoms with Crippen LogP contribution in [0.2, 0.25) is 0 Å². The van der Waals surface area contributed by atoms with Crippen LogP contribution in [-0.2, 0) is 17.1 Å². The number of aromatic nitrogens is 1. The van der Waals surface area contributed by atoms with Gasteiger partial charge in [0.05, 0.1) is 0 Å². The van der Waals surface area contributed by atoms with E-state index in [1.54, 1.807) is 22.1 Å². The van der Waals surface area contributed by atoms with Crippen LogP contribution in [0.1, 0.15) is 74.7 Å². The predicted octanol–water partition coefficient (Wildman–Crippen LogP) is 3.04. The molecule has 0 atom stereocenters. The van der Waals surface area contributed by atoms with E-state index in [-0.39, 0.29) is 16.8 Å². The van der Waals surface area contributed by atoms with Crippen LogP contribution in [0.3, 0.4) is 0 Å². The van der Waals surface area contributed by atoms with Crippen molar-refractivity contribution in [3.8, 4) is 0 Å². The van der Waals surface area contributed by atoms with E-state index in [0.717, 1.165) is 44.9 Å². The lowest BCUT2D eigenvalue weighted by Gasteiger charge is -2.25. The Kier molecular flexibility index (Phi) is 6.40. The van der Waals surface area contributed by atoms with Crippen LogP contribution in [0.4, 0.5) is 0 Å². The van der Waals surface area contributed by atoms with Crippen LogP contribution in [0, 0.1) is 0 Å². The number of rotatable bonds is 4. The maximum atomic E-state index is 12.8. The van der Waals surface area contributed by atoms with Crippen LogP contribution in [-0.4, -0.2) is 42.3 Å². The first-order chi connectivity index (χ1) is 12.5. The van der Waals surface area contributed by atoms with E-state index in [9.17, 15) is 13.2 Å². The van der Waals surface area contributed by atoms with Crippen LogP contribution in [0.25, 0.3) is 0 Å². The summed E-state index contributed by atoms with van der Waals surface area (Å²) in [4.78, 5) is 12.9. The fraction of sp³-hybridized carbons (Fsp3) is 0.737. The molecule has 2 fully saturated rings. The molecule has 7 heteroatoms. The summed E-state index contributed by atoms with van der Waals surface area (Å²) in [5.41, 5.74) is 0.419. The van der Waals surface area contributed by atoms with Gasteiger partial charge in [-0.25, -0.2) is 8.42 Å². The summed E-state index contributed by atoms with van der Waals surface area (Å²) in [5, 5.41) is 3.12. The molecule has 1 amide bonds. The van der Waals surface area contributed by atoms with Crippen LogP contribution in [0.15, 0.2) is 17.2 Å². The molecule has 0 bridgehead atoms. The van der Waals surface area contributed by atoms with E-state index in [1.807, 2.05) is 0 Å². The smallest absolute Gasteiger partial charge is 0.268 e. The minimum atomic E-state index is -3.51. The summed E-state index contributed by atoms with van der Waals surface area (Å²) in [6.07, 6.45) is 12.5. The molecule has 26 heavy (non-hydrogen) atoms. The number of carbonyl (C=O) groups is 1. The number of nitrogens with one attached hydrogen (secondary N) is 1. The number of hydrogen-bond acceptors (Lipinski definition) is 3. The topological polar surface area (TPSA) is 71.4 Å². The van der Waals surface area contributed by atoms with Crippen molar-refractivity contribution in [3.05, 3.63) is 18.0 Å². The minimum Gasteiger partial charge on any atom is -0.348 e. The summed E-state index contributed by atoms with van der Waals surface area (Å²) < 4.78 is 28.8. The highest BCUT2D eigenvalue weighted by molar-refractivity contribution is 7.89. The maximum Gasteiger partial charge on any atom is 0.268 e. The summed E-state index contributed by atoms with van der Waals surface area (Å²) in [5.74, 6) is -0.168. The zero-order valence-electron chi connectivity index (χ0n) is 15.7. The lowest BCUT2D eigenvalue weighted by atomic mass is 9.96. The number of aryl methyl sites for hydroxylation is 1. The normalized spacial score (nSPS) is 21.1. The van der Waals surface area contributed by atoms with Gasteiger partial charge in [0.15, 0.2) is 0 Å². The summed E-state index contributed by atoms with van der Waals surface area (Å²) >= 11 is 0. The second-order valence-corrected chi connectivity index (χ2v) is 9.59. The third-order valence-electron chi connectivity index (χ3n) is 5.61. The van der Waals surface area contributed by atoms with Crippen LogP contribution < -0.4 is 5.32 Å². The molecule has 6 nitrogen and oxygen atoms in total. The molecule has 2 aliphatic rings. The Morgan fingerprint density at radius 3 is 2.23 bits per heavy atom. The first-order valence-electron chi connectivity index (χ1n) is 9.96. The Hall–Kier alpha value is -1.34. The van der Waals surface area contributed by atoms with Gasteiger partial charge in [0.2, 0.25) is 10.0 Å². The van der Waals surface area contributed by atoms with Gasteiger partial charge in [-0.05, 0) is 31.7 Å². The van der Waals surface area contributed by atoms with Crippen molar-refractivity contribution < 1.29 is 13.2 Å². The van der Waals surface area contributed by atoms with Gasteiger partial charge in [0.1, 0.15) is 10.6 Å². The van der Waals surface area contributed by atoms with E-state index in [4.69, 9.17) is 0 Å². The Labute approximate surface area is 157 Å². The fourth-order valence-corrected chi connectivity index (χ4v) is 5.60. The van der Waals surface area contributed by atoms with Crippen LogP contribution >= 0.6 is 0 Å². The Bertz CT molecular complexity index is 712. The summed E-state index contributed by atoms with van der Waals surface area (Å²) in [7, 11) is -1.77. The number of piperidine rings is 1. The highest BCUT2D eigenvalue weighted by Gasteiger charge is 2.28. The van der Waals surface area contributed by atoms with Gasteiger partial charge in [0.25, 0.3) is 5.91 Å². The Morgan fingerprint density at radius 2 is 1.58 bits per heavy atom. The van der Waals surface area contributed by atoms with Crippen molar-refractivity contribution in [2.24, 2.45) is 7.05 Å². The molecule has 0 spiro atoms. The molecule has 0 radical (unpaired) electrons. The molecule has 146 valence electrons. The first-order valence-corrected chi connectivity index (χ1v) is 11.4. The molecule has 2 heterocycles. The summed E-state index contributed by atoms with van der Waals surface area (Å²) in [6.45, 7) is 1.14. The van der Waals surface area contributed by atoms with Crippen molar-refractivity contribution >= 4 is 15.9 Å². The molecule has 1 saturated heterocycles. The van der Waals surface area contributed by atoms with E-state index >= 15 is 0 Å². The van der Waals surface area contributed by atoms with E-state index < -0.39 is 10.0 Å². The van der Waals surface area contributed by atoms with Crippen molar-refractivity contribution in [1.29, 1.82) is 0 Å². The van der Waals surface area contributed by atoms with Gasteiger partial charge >= 0.3 is 0 Å². The van der Waals surface area contributed by atoms with Crippen molar-refractivity contribution in [2.45, 2.75) is 75.1 Å². The molecule has 1 aliphatic carbocycles. The summed E-state index contributed by atoms with van der Waals surface area (Å²) in [6, 6.07) is 1.72. The molecule has 1 saturated carbocycles. The molecule has 3 rings (SSSR count). The number of sulfonamides is 1. The van der Waals surface area contributed by atoms with Crippen molar-refractivity contribution in [3.63, 3.8) is 0 Å². The van der Waals surface area contributed by atoms with Crippen molar-refractivity contribution in [2.75, 3.05) is 13.1 Å². The fourth-order valence-electron chi connectivity index (χ4n) is 4.02. The first kappa shape index (κ1) is 19.4. The maximum absolute atomic E-state index is 12.8. The van der Waals surface area contributed by atoms with Gasteiger partial charge in [-0.15, -0.1) is 0 Å². The van der Waals surface area contributed by atoms with E-state index in [2.05, 4.69) is 5.32 Å². The van der Waals surface area contributed by atoms with Gasteiger partial charge < -0.3 is 9.88 Å². The Morgan fingerprint density at radius 1 is 1.00 bits per heavy atom. The monoisotopic (exact) mass is 381 g/mol.